The van der Waals surface area contributed by atoms with Crippen molar-refractivity contribution in [2.45, 2.75) is 52.0 Å². The number of hydrogen-bond acceptors (Lipinski definition) is 2. The van der Waals surface area contributed by atoms with Crippen LogP contribution in [-0.4, -0.2) is 31.1 Å². The second-order valence-corrected chi connectivity index (χ2v) is 5.68. The monoisotopic (exact) mass is 224 g/mol. The van der Waals surface area contributed by atoms with Crippen molar-refractivity contribution >= 4 is 0 Å². The van der Waals surface area contributed by atoms with Crippen LogP contribution in [0, 0.1) is 5.41 Å². The summed E-state index contributed by atoms with van der Waals surface area (Å²) < 4.78 is 0. The van der Waals surface area contributed by atoms with E-state index in [0.29, 0.717) is 12.0 Å². The van der Waals surface area contributed by atoms with E-state index in [-0.39, 0.29) is 0 Å². The second-order valence-electron chi connectivity index (χ2n) is 5.68. The van der Waals surface area contributed by atoms with Crippen molar-refractivity contribution in [1.29, 1.82) is 0 Å². The average molecular weight is 224 g/mol. The van der Waals surface area contributed by atoms with Gasteiger partial charge in [0, 0.05) is 17.5 Å². The molecule has 1 fully saturated rings. The molecule has 0 unspecified atom stereocenters. The maximum atomic E-state index is 8.18. The highest BCUT2D eigenvalue weighted by atomic mass is 15.1. The zero-order valence-electron chi connectivity index (χ0n) is 10.8. The normalized spacial score (nSPS) is 20.8. The minimum Gasteiger partial charge on any atom is -0.303 e. The van der Waals surface area contributed by atoms with Crippen molar-refractivity contribution in [3.63, 3.8) is 0 Å². The standard InChI is InChI=1S/C12H24N4/c1-12(2)7-5-11(6-8-12)16(3)10-4-9-14-15-13/h11H,4-10H2,1-3H3. The maximum absolute atomic E-state index is 8.18. The summed E-state index contributed by atoms with van der Waals surface area (Å²) in [5.41, 5.74) is 8.73. The minimum absolute atomic E-state index is 0.544. The fourth-order valence-electron chi connectivity index (χ4n) is 2.44. The molecule has 0 aromatic heterocycles. The van der Waals surface area contributed by atoms with Crippen LogP contribution in [0.2, 0.25) is 0 Å². The molecule has 0 saturated heterocycles. The Morgan fingerprint density at radius 1 is 1.38 bits per heavy atom. The van der Waals surface area contributed by atoms with E-state index in [4.69, 9.17) is 5.53 Å². The quantitative estimate of drug-likeness (QED) is 0.305. The molecule has 0 bridgehead atoms. The number of rotatable bonds is 5. The van der Waals surface area contributed by atoms with Gasteiger partial charge in [0.1, 0.15) is 0 Å². The molecule has 0 aliphatic heterocycles. The van der Waals surface area contributed by atoms with Gasteiger partial charge in [-0.25, -0.2) is 0 Å². The number of nitrogens with zero attached hydrogens (tertiary/aromatic N) is 4. The summed E-state index contributed by atoms with van der Waals surface area (Å²) >= 11 is 0. The molecule has 4 heteroatoms. The Morgan fingerprint density at radius 3 is 2.56 bits per heavy atom. The summed E-state index contributed by atoms with van der Waals surface area (Å²) in [5, 5.41) is 3.57. The van der Waals surface area contributed by atoms with E-state index in [1.807, 2.05) is 0 Å². The van der Waals surface area contributed by atoms with Gasteiger partial charge in [0.05, 0.1) is 0 Å². The second kappa shape index (κ2) is 6.12. The minimum atomic E-state index is 0.544. The highest BCUT2D eigenvalue weighted by Gasteiger charge is 2.28. The molecule has 0 N–H and O–H groups in total. The molecule has 92 valence electrons. The Bertz CT molecular complexity index is 246. The van der Waals surface area contributed by atoms with Crippen LogP contribution in [-0.2, 0) is 0 Å². The van der Waals surface area contributed by atoms with Crippen LogP contribution < -0.4 is 0 Å². The lowest BCUT2D eigenvalue weighted by atomic mass is 9.75. The molecular weight excluding hydrogens is 200 g/mol. The van der Waals surface area contributed by atoms with Crippen LogP contribution in [0.15, 0.2) is 5.11 Å². The van der Waals surface area contributed by atoms with Crippen LogP contribution in [0.5, 0.6) is 0 Å². The van der Waals surface area contributed by atoms with E-state index in [9.17, 15) is 0 Å². The Kier molecular flexibility index (Phi) is 5.10. The molecule has 1 aliphatic rings. The first kappa shape index (κ1) is 13.3. The fraction of sp³-hybridized carbons (Fsp3) is 1.00. The van der Waals surface area contributed by atoms with Gasteiger partial charge in [-0.1, -0.05) is 19.0 Å². The van der Waals surface area contributed by atoms with E-state index >= 15 is 0 Å². The predicted octanol–water partition coefficient (Wildman–Crippen LogP) is 3.59. The van der Waals surface area contributed by atoms with Crippen LogP contribution >= 0.6 is 0 Å². The third kappa shape index (κ3) is 4.42. The van der Waals surface area contributed by atoms with Crippen molar-refractivity contribution in [3.05, 3.63) is 10.4 Å². The Hall–Kier alpha value is -0.730. The molecule has 4 nitrogen and oxygen atoms in total. The van der Waals surface area contributed by atoms with Crippen molar-refractivity contribution in [3.8, 4) is 0 Å². The molecular formula is C12H24N4. The van der Waals surface area contributed by atoms with Crippen molar-refractivity contribution < 1.29 is 0 Å². The molecule has 1 saturated carbocycles. The van der Waals surface area contributed by atoms with Gasteiger partial charge in [-0.05, 0) is 56.6 Å². The molecule has 0 amide bonds. The number of azide groups is 1. The summed E-state index contributed by atoms with van der Waals surface area (Å²) in [4.78, 5) is 5.20. The Morgan fingerprint density at radius 2 is 2.00 bits per heavy atom. The van der Waals surface area contributed by atoms with Crippen LogP contribution in [0.1, 0.15) is 46.0 Å². The molecule has 0 aromatic rings. The average Bonchev–Trinajstić information content (AvgIpc) is 2.24. The van der Waals surface area contributed by atoms with E-state index in [2.05, 4.69) is 35.8 Å². The zero-order chi connectivity index (χ0) is 12.0. The lowest BCUT2D eigenvalue weighted by molar-refractivity contribution is 0.127. The largest absolute Gasteiger partial charge is 0.303 e. The number of hydrogen-bond donors (Lipinski definition) is 0. The molecule has 0 radical (unpaired) electrons. The molecule has 0 aromatic carbocycles. The molecule has 0 spiro atoms. The first-order valence-corrected chi connectivity index (χ1v) is 6.26. The van der Waals surface area contributed by atoms with E-state index in [1.54, 1.807) is 0 Å². The lowest BCUT2D eigenvalue weighted by Crippen LogP contribution is -2.37. The van der Waals surface area contributed by atoms with Crippen LogP contribution in [0.4, 0.5) is 0 Å². The van der Waals surface area contributed by atoms with Gasteiger partial charge < -0.3 is 4.90 Å². The Balaban J connectivity index is 2.22. The van der Waals surface area contributed by atoms with Crippen molar-refractivity contribution in [2.24, 2.45) is 10.5 Å². The van der Waals surface area contributed by atoms with Gasteiger partial charge in [-0.15, -0.1) is 0 Å². The zero-order valence-corrected chi connectivity index (χ0v) is 10.8. The van der Waals surface area contributed by atoms with Crippen LogP contribution in [0.25, 0.3) is 10.4 Å². The lowest BCUT2D eigenvalue weighted by Gasteiger charge is -2.38. The van der Waals surface area contributed by atoms with Gasteiger partial charge in [0.15, 0.2) is 0 Å². The molecule has 0 heterocycles. The summed E-state index contributed by atoms with van der Waals surface area (Å²) in [5.74, 6) is 0. The molecule has 16 heavy (non-hydrogen) atoms. The molecule has 0 atom stereocenters. The van der Waals surface area contributed by atoms with E-state index < -0.39 is 0 Å². The van der Waals surface area contributed by atoms with E-state index in [0.717, 1.165) is 19.0 Å². The molecule has 1 aliphatic carbocycles. The first-order chi connectivity index (χ1) is 7.55. The third-order valence-electron chi connectivity index (χ3n) is 3.76. The van der Waals surface area contributed by atoms with Gasteiger partial charge in [0.2, 0.25) is 0 Å². The fourth-order valence-corrected chi connectivity index (χ4v) is 2.44. The summed E-state index contributed by atoms with van der Waals surface area (Å²) in [6.45, 7) is 6.40. The van der Waals surface area contributed by atoms with Crippen LogP contribution in [0.3, 0.4) is 0 Å². The maximum Gasteiger partial charge on any atom is 0.0270 e. The van der Waals surface area contributed by atoms with Crippen molar-refractivity contribution in [2.75, 3.05) is 20.1 Å². The highest BCUT2D eigenvalue weighted by molar-refractivity contribution is 4.82. The summed E-state index contributed by atoms with van der Waals surface area (Å²) in [6, 6.07) is 0.735. The third-order valence-corrected chi connectivity index (χ3v) is 3.76. The van der Waals surface area contributed by atoms with Gasteiger partial charge >= 0.3 is 0 Å². The predicted molar refractivity (Wildman–Crippen MR) is 67.3 cm³/mol. The topological polar surface area (TPSA) is 52.0 Å². The van der Waals surface area contributed by atoms with Gasteiger partial charge in [0.25, 0.3) is 0 Å². The Labute approximate surface area is 98.6 Å². The molecule has 1 rings (SSSR count). The van der Waals surface area contributed by atoms with Gasteiger partial charge in [-0.3, -0.25) is 0 Å². The van der Waals surface area contributed by atoms with Crippen molar-refractivity contribution in [1.82, 2.24) is 4.90 Å². The first-order valence-electron chi connectivity index (χ1n) is 6.26. The van der Waals surface area contributed by atoms with E-state index in [1.165, 1.54) is 25.7 Å². The highest BCUT2D eigenvalue weighted by Crippen LogP contribution is 2.36. The smallest absolute Gasteiger partial charge is 0.0270 e. The summed E-state index contributed by atoms with van der Waals surface area (Å²) in [7, 11) is 2.19. The summed E-state index contributed by atoms with van der Waals surface area (Å²) in [6.07, 6.45) is 6.26. The SMILES string of the molecule is CN(CCCN=[N+]=[N-])C1CCC(C)(C)CC1. The van der Waals surface area contributed by atoms with Gasteiger partial charge in [-0.2, -0.15) is 0 Å².